The average molecular weight is 352 g/mol. The number of carbonyl (C=O) groups is 1. The third kappa shape index (κ3) is 2.53. The molecule has 2 unspecified atom stereocenters. The van der Waals surface area contributed by atoms with Crippen molar-refractivity contribution >= 4 is 34.6 Å². The van der Waals surface area contributed by atoms with E-state index in [2.05, 4.69) is 23.6 Å². The van der Waals surface area contributed by atoms with Gasteiger partial charge < -0.3 is 9.80 Å². The van der Waals surface area contributed by atoms with Crippen LogP contribution in [0.15, 0.2) is 36.7 Å². The molecule has 0 spiro atoms. The molecule has 4 heterocycles. The summed E-state index contributed by atoms with van der Waals surface area (Å²) in [7, 11) is 0. The van der Waals surface area contributed by atoms with E-state index in [1.807, 2.05) is 29.2 Å². The lowest BCUT2D eigenvalue weighted by Gasteiger charge is -2.21. The van der Waals surface area contributed by atoms with E-state index in [-0.39, 0.29) is 5.91 Å². The van der Waals surface area contributed by atoms with Gasteiger partial charge in [-0.25, -0.2) is 9.97 Å². The summed E-state index contributed by atoms with van der Waals surface area (Å²) in [5.41, 5.74) is 2.34. The summed E-state index contributed by atoms with van der Waals surface area (Å²) in [5, 5.41) is 0. The Labute approximate surface area is 148 Å². The molecule has 0 radical (unpaired) electrons. The highest BCUT2D eigenvalue weighted by Gasteiger charge is 2.42. The number of likely N-dealkylation sites (tertiary alicyclic amines) is 1. The summed E-state index contributed by atoms with van der Waals surface area (Å²) < 4.78 is 8.42. The molecule has 2 atom stereocenters. The predicted molar refractivity (Wildman–Crippen MR) is 94.5 cm³/mol. The van der Waals surface area contributed by atoms with E-state index >= 15 is 0 Å². The zero-order valence-electron chi connectivity index (χ0n) is 13.4. The van der Waals surface area contributed by atoms with Crippen molar-refractivity contribution in [3.05, 3.63) is 42.2 Å². The van der Waals surface area contributed by atoms with Crippen molar-refractivity contribution in [3.63, 3.8) is 0 Å². The molecule has 0 aliphatic carbocycles. The van der Waals surface area contributed by atoms with Gasteiger partial charge in [0.25, 0.3) is 5.91 Å². The number of fused-ring (bicyclic) bond motifs is 2. The Morgan fingerprint density at radius 1 is 1.00 bits per heavy atom. The topological polar surface area (TPSA) is 75.1 Å². The number of aromatic nitrogens is 4. The van der Waals surface area contributed by atoms with E-state index in [4.69, 9.17) is 0 Å². The Morgan fingerprint density at radius 3 is 2.48 bits per heavy atom. The Kier molecular flexibility index (Phi) is 3.37. The molecule has 1 amide bonds. The first-order chi connectivity index (χ1) is 12.3. The van der Waals surface area contributed by atoms with Crippen LogP contribution in [0.1, 0.15) is 10.4 Å². The lowest BCUT2D eigenvalue weighted by molar-refractivity contribution is 0.0782. The summed E-state index contributed by atoms with van der Waals surface area (Å²) in [6.45, 7) is 3.40. The lowest BCUT2D eigenvalue weighted by atomic mass is 10.0. The molecule has 5 rings (SSSR count). The number of nitrogens with zero attached hydrogens (tertiary/aromatic N) is 6. The molecule has 0 N–H and O–H groups in total. The number of hydrogen-bond donors (Lipinski definition) is 0. The van der Waals surface area contributed by atoms with Crippen molar-refractivity contribution in [2.24, 2.45) is 11.8 Å². The third-order valence-electron chi connectivity index (χ3n) is 5.11. The van der Waals surface area contributed by atoms with Gasteiger partial charge in [-0.15, -0.1) is 0 Å². The van der Waals surface area contributed by atoms with Gasteiger partial charge >= 0.3 is 0 Å². The lowest BCUT2D eigenvalue weighted by Crippen LogP contribution is -2.33. The normalized spacial score (nSPS) is 22.6. The molecule has 8 heteroatoms. The van der Waals surface area contributed by atoms with E-state index in [0.29, 0.717) is 17.4 Å². The molecule has 2 aromatic heterocycles. The van der Waals surface area contributed by atoms with E-state index in [9.17, 15) is 4.79 Å². The minimum atomic E-state index is 0.0896. The highest BCUT2D eigenvalue weighted by atomic mass is 32.1. The zero-order chi connectivity index (χ0) is 16.8. The second-order valence-corrected chi connectivity index (χ2v) is 7.18. The molecule has 0 bridgehead atoms. The molecule has 2 aliphatic heterocycles. The maximum Gasteiger partial charge on any atom is 0.253 e. The highest BCUT2D eigenvalue weighted by molar-refractivity contribution is 7.00. The Morgan fingerprint density at radius 2 is 1.72 bits per heavy atom. The molecule has 126 valence electrons. The predicted octanol–water partition coefficient (Wildman–Crippen LogP) is 1.69. The number of carbonyl (C=O) groups excluding carboxylic acids is 1. The minimum absolute atomic E-state index is 0.0896. The summed E-state index contributed by atoms with van der Waals surface area (Å²) in [4.78, 5) is 25.7. The maximum absolute atomic E-state index is 12.8. The molecule has 0 saturated carbocycles. The monoisotopic (exact) mass is 352 g/mol. The Balaban J connectivity index is 1.30. The van der Waals surface area contributed by atoms with Gasteiger partial charge in [0.15, 0.2) is 0 Å². The molecule has 2 aliphatic rings. The fourth-order valence-corrected chi connectivity index (χ4v) is 4.39. The van der Waals surface area contributed by atoms with Crippen LogP contribution >= 0.6 is 11.7 Å². The van der Waals surface area contributed by atoms with Crippen LogP contribution in [0.5, 0.6) is 0 Å². The van der Waals surface area contributed by atoms with Gasteiger partial charge in [0.05, 0.1) is 11.7 Å². The van der Waals surface area contributed by atoms with E-state index in [1.54, 1.807) is 12.4 Å². The molecule has 2 fully saturated rings. The summed E-state index contributed by atoms with van der Waals surface area (Å²) in [6.07, 6.45) is 3.55. The first kappa shape index (κ1) is 14.7. The maximum atomic E-state index is 12.8. The van der Waals surface area contributed by atoms with E-state index < -0.39 is 0 Å². The first-order valence-corrected chi connectivity index (χ1v) is 9.04. The molecule has 25 heavy (non-hydrogen) atoms. The first-order valence-electron chi connectivity index (χ1n) is 8.31. The quantitative estimate of drug-likeness (QED) is 0.699. The molecule has 3 aromatic rings. The molecule has 2 saturated heterocycles. The Hall–Kier alpha value is -2.61. The number of hydrogen-bond acceptors (Lipinski definition) is 7. The van der Waals surface area contributed by atoms with Crippen LogP contribution in [0, 0.1) is 11.8 Å². The molecule has 1 aromatic carbocycles. The highest BCUT2D eigenvalue weighted by Crippen LogP contribution is 2.33. The summed E-state index contributed by atoms with van der Waals surface area (Å²) in [6, 6.07) is 7.40. The van der Waals surface area contributed by atoms with Crippen molar-refractivity contribution in [1.82, 2.24) is 23.6 Å². The van der Waals surface area contributed by atoms with E-state index in [0.717, 1.165) is 43.2 Å². The van der Waals surface area contributed by atoms with E-state index in [1.165, 1.54) is 11.7 Å². The van der Waals surface area contributed by atoms with Gasteiger partial charge in [-0.3, -0.25) is 4.79 Å². The number of benzene rings is 1. The fraction of sp³-hybridized carbons (Fsp3) is 0.353. The second kappa shape index (κ2) is 5.73. The van der Waals surface area contributed by atoms with Crippen molar-refractivity contribution < 1.29 is 4.79 Å². The van der Waals surface area contributed by atoms with Gasteiger partial charge in [-0.1, -0.05) is 0 Å². The van der Waals surface area contributed by atoms with Gasteiger partial charge in [-0.05, 0) is 24.3 Å². The van der Waals surface area contributed by atoms with Gasteiger partial charge in [0, 0.05) is 56.0 Å². The van der Waals surface area contributed by atoms with Crippen LogP contribution in [0.4, 0.5) is 5.95 Å². The second-order valence-electron chi connectivity index (χ2n) is 6.65. The number of anilines is 1. The standard InChI is InChI=1S/C17H16N6OS/c24-16(11-2-3-14-15(6-11)21-25-20-14)22-7-12-9-23(10-13(12)8-22)17-18-4-1-5-19-17/h1-6,12-13H,7-10H2. The van der Waals surface area contributed by atoms with Crippen LogP contribution in [0.25, 0.3) is 11.0 Å². The smallest absolute Gasteiger partial charge is 0.253 e. The summed E-state index contributed by atoms with van der Waals surface area (Å²) in [5.74, 6) is 1.85. The molecular formula is C17H16N6OS. The van der Waals surface area contributed by atoms with Gasteiger partial charge in [-0.2, -0.15) is 8.75 Å². The Bertz CT molecular complexity index is 915. The number of amides is 1. The fourth-order valence-electron chi connectivity index (χ4n) is 3.87. The van der Waals surface area contributed by atoms with Gasteiger partial charge in [0.1, 0.15) is 11.0 Å². The number of rotatable bonds is 2. The molecule has 7 nitrogen and oxygen atoms in total. The molecular weight excluding hydrogens is 336 g/mol. The van der Waals surface area contributed by atoms with Crippen LogP contribution in [-0.4, -0.2) is 55.7 Å². The van der Waals surface area contributed by atoms with Crippen molar-refractivity contribution in [2.45, 2.75) is 0 Å². The van der Waals surface area contributed by atoms with Crippen molar-refractivity contribution in [2.75, 3.05) is 31.1 Å². The zero-order valence-corrected chi connectivity index (χ0v) is 14.3. The van der Waals surface area contributed by atoms with Crippen LogP contribution in [0.3, 0.4) is 0 Å². The SMILES string of the molecule is O=C(c1ccc2nsnc2c1)N1CC2CN(c3ncccn3)CC2C1. The van der Waals surface area contributed by atoms with Crippen molar-refractivity contribution in [1.29, 1.82) is 0 Å². The third-order valence-corrected chi connectivity index (χ3v) is 5.67. The largest absolute Gasteiger partial charge is 0.340 e. The summed E-state index contributed by atoms with van der Waals surface area (Å²) >= 11 is 1.17. The average Bonchev–Trinajstić information content (AvgIpc) is 3.35. The van der Waals surface area contributed by atoms with Crippen LogP contribution in [-0.2, 0) is 0 Å². The van der Waals surface area contributed by atoms with Crippen molar-refractivity contribution in [3.8, 4) is 0 Å². The van der Waals surface area contributed by atoms with Gasteiger partial charge in [0.2, 0.25) is 5.95 Å². The minimum Gasteiger partial charge on any atom is -0.340 e. The van der Waals surface area contributed by atoms with Crippen LogP contribution in [0.2, 0.25) is 0 Å². The van der Waals surface area contributed by atoms with Crippen LogP contribution < -0.4 is 4.90 Å².